The Morgan fingerprint density at radius 3 is 3.00 bits per heavy atom. The number of hydrogen-bond acceptors (Lipinski definition) is 3. The normalized spacial score (nSPS) is 18.3. The maximum atomic E-state index is 4.14. The lowest BCUT2D eigenvalue weighted by Gasteiger charge is -2.29. The van der Waals surface area contributed by atoms with Crippen LogP contribution in [0, 0.1) is 6.92 Å². The third-order valence-electron chi connectivity index (χ3n) is 3.04. The van der Waals surface area contributed by atoms with Crippen LogP contribution in [0.25, 0.3) is 0 Å². The molecule has 0 fully saturated rings. The molecule has 1 unspecified atom stereocenters. The highest BCUT2D eigenvalue weighted by Crippen LogP contribution is 2.28. The lowest BCUT2D eigenvalue weighted by atomic mass is 10.0. The Kier molecular flexibility index (Phi) is 2.53. The van der Waals surface area contributed by atoms with Crippen molar-refractivity contribution in [2.75, 3.05) is 5.32 Å². The first-order valence-corrected chi connectivity index (χ1v) is 5.68. The van der Waals surface area contributed by atoms with Crippen molar-refractivity contribution in [3.05, 3.63) is 66.3 Å². The molecule has 3 nitrogen and oxygen atoms in total. The first-order chi connectivity index (χ1) is 8.34. The fourth-order valence-corrected chi connectivity index (χ4v) is 2.14. The van der Waals surface area contributed by atoms with E-state index in [1.165, 1.54) is 5.56 Å². The van der Waals surface area contributed by atoms with Crippen LogP contribution in [0.1, 0.15) is 22.9 Å². The van der Waals surface area contributed by atoms with Gasteiger partial charge in [0.2, 0.25) is 0 Å². The van der Waals surface area contributed by atoms with Crippen molar-refractivity contribution in [3.63, 3.8) is 0 Å². The molecule has 3 heteroatoms. The number of fused-ring (bicyclic) bond motifs is 1. The molecule has 0 saturated heterocycles. The van der Waals surface area contributed by atoms with Crippen LogP contribution in [0.5, 0.6) is 0 Å². The largest absolute Gasteiger partial charge is 0.365 e. The van der Waals surface area contributed by atoms with Gasteiger partial charge in [0.1, 0.15) is 6.17 Å². The van der Waals surface area contributed by atoms with E-state index in [1.807, 2.05) is 24.4 Å². The Hall–Kier alpha value is -1.87. The number of aromatic nitrogens is 1. The van der Waals surface area contributed by atoms with Crippen LogP contribution >= 0.6 is 0 Å². The molecule has 17 heavy (non-hydrogen) atoms. The van der Waals surface area contributed by atoms with Gasteiger partial charge in [-0.25, -0.2) is 0 Å². The van der Waals surface area contributed by atoms with E-state index in [2.05, 4.69) is 34.7 Å². The molecular weight excluding hydrogens is 210 g/mol. The number of nitrogens with zero attached hydrogens (tertiary/aromatic N) is 1. The average molecular weight is 224 g/mol. The number of anilines is 1. The minimum Gasteiger partial charge on any atom is -0.365 e. The predicted molar refractivity (Wildman–Crippen MR) is 68.3 cm³/mol. The fraction of sp³-hybridized carbons (Fsp3) is 0.143. The molecule has 1 aliphatic rings. The van der Waals surface area contributed by atoms with Crippen LogP contribution in [0.2, 0.25) is 0 Å². The Labute approximate surface area is 101 Å². The van der Waals surface area contributed by atoms with Crippen molar-refractivity contribution in [3.8, 4) is 0 Å². The summed E-state index contributed by atoms with van der Waals surface area (Å²) in [5.41, 5.74) is 4.58. The van der Waals surface area contributed by atoms with E-state index in [9.17, 15) is 0 Å². The topological polar surface area (TPSA) is 37.0 Å². The fourth-order valence-electron chi connectivity index (χ4n) is 2.14. The highest BCUT2D eigenvalue weighted by Gasteiger charge is 2.19. The zero-order valence-corrected chi connectivity index (χ0v) is 9.48. The average Bonchev–Trinajstić information content (AvgIpc) is 2.40. The van der Waals surface area contributed by atoms with E-state index in [0.717, 1.165) is 23.4 Å². The van der Waals surface area contributed by atoms with E-state index < -0.39 is 0 Å². The smallest absolute Gasteiger partial charge is 0.105 e. The van der Waals surface area contributed by atoms with E-state index >= 15 is 0 Å². The molecule has 2 heterocycles. The summed E-state index contributed by atoms with van der Waals surface area (Å²) in [6, 6.07) is 10.2. The van der Waals surface area contributed by atoms with E-state index in [-0.39, 0.29) is 6.17 Å². The summed E-state index contributed by atoms with van der Waals surface area (Å²) in [7, 11) is 0. The SMILES string of the molecule is [CH2]c1cccc2c1NC(c1cccnc1)NC2. The van der Waals surface area contributed by atoms with Gasteiger partial charge in [-0.15, -0.1) is 0 Å². The van der Waals surface area contributed by atoms with Gasteiger partial charge in [-0.05, 0) is 24.1 Å². The number of nitrogens with one attached hydrogen (secondary N) is 2. The highest BCUT2D eigenvalue weighted by atomic mass is 15.1. The Morgan fingerprint density at radius 2 is 2.18 bits per heavy atom. The Bertz CT molecular complexity index is 522. The minimum absolute atomic E-state index is 0.110. The summed E-state index contributed by atoms with van der Waals surface area (Å²) in [5, 5.41) is 6.91. The van der Waals surface area contributed by atoms with Gasteiger partial charge in [0, 0.05) is 30.2 Å². The molecule has 0 saturated carbocycles. The predicted octanol–water partition coefficient (Wildman–Crippen LogP) is 2.48. The summed E-state index contributed by atoms with van der Waals surface area (Å²) in [6.07, 6.45) is 3.77. The van der Waals surface area contributed by atoms with E-state index in [1.54, 1.807) is 6.20 Å². The summed E-state index contributed by atoms with van der Waals surface area (Å²) < 4.78 is 0. The van der Waals surface area contributed by atoms with Gasteiger partial charge in [-0.3, -0.25) is 10.3 Å². The third kappa shape index (κ3) is 1.89. The van der Waals surface area contributed by atoms with Crippen molar-refractivity contribution < 1.29 is 0 Å². The molecule has 0 spiro atoms. The monoisotopic (exact) mass is 224 g/mol. The van der Waals surface area contributed by atoms with Gasteiger partial charge in [0.15, 0.2) is 0 Å². The van der Waals surface area contributed by atoms with Gasteiger partial charge < -0.3 is 5.32 Å². The maximum absolute atomic E-state index is 4.14. The van der Waals surface area contributed by atoms with Crippen molar-refractivity contribution in [2.45, 2.75) is 12.7 Å². The number of benzene rings is 1. The summed E-state index contributed by atoms with van der Waals surface area (Å²) in [5.74, 6) is 0. The molecule has 1 aromatic carbocycles. The molecule has 0 amide bonds. The van der Waals surface area contributed by atoms with Gasteiger partial charge in [-0.2, -0.15) is 0 Å². The van der Waals surface area contributed by atoms with Crippen molar-refractivity contribution in [2.24, 2.45) is 0 Å². The highest BCUT2D eigenvalue weighted by molar-refractivity contribution is 5.61. The van der Waals surface area contributed by atoms with Gasteiger partial charge in [-0.1, -0.05) is 24.3 Å². The first kappa shape index (κ1) is 10.3. The summed E-state index contributed by atoms with van der Waals surface area (Å²) in [4.78, 5) is 4.14. The quantitative estimate of drug-likeness (QED) is 0.781. The number of hydrogen-bond donors (Lipinski definition) is 2. The first-order valence-electron chi connectivity index (χ1n) is 5.68. The Balaban J connectivity index is 1.93. The van der Waals surface area contributed by atoms with E-state index in [4.69, 9.17) is 0 Å². The number of rotatable bonds is 1. The lowest BCUT2D eigenvalue weighted by molar-refractivity contribution is 0.564. The molecule has 1 atom stereocenters. The van der Waals surface area contributed by atoms with Crippen LogP contribution in [0.15, 0.2) is 42.7 Å². The molecule has 85 valence electrons. The summed E-state index contributed by atoms with van der Waals surface area (Å²) in [6.45, 7) is 4.91. The van der Waals surface area contributed by atoms with Gasteiger partial charge in [0.05, 0.1) is 0 Å². The van der Waals surface area contributed by atoms with Crippen LogP contribution in [-0.4, -0.2) is 4.98 Å². The van der Waals surface area contributed by atoms with Gasteiger partial charge in [0.25, 0.3) is 0 Å². The molecule has 0 aliphatic carbocycles. The van der Waals surface area contributed by atoms with Crippen LogP contribution in [0.4, 0.5) is 5.69 Å². The maximum Gasteiger partial charge on any atom is 0.105 e. The standard InChI is InChI=1S/C14H14N3/c1-10-4-2-5-11-9-16-14(17-13(10)11)12-6-3-7-15-8-12/h2-8,14,16-17H,1,9H2. The Morgan fingerprint density at radius 1 is 1.24 bits per heavy atom. The lowest BCUT2D eigenvalue weighted by Crippen LogP contribution is -2.33. The molecule has 1 radical (unpaired) electrons. The molecule has 2 N–H and O–H groups in total. The van der Waals surface area contributed by atoms with Crippen molar-refractivity contribution in [1.29, 1.82) is 0 Å². The zero-order chi connectivity index (χ0) is 11.7. The molecule has 1 aliphatic heterocycles. The van der Waals surface area contributed by atoms with Crippen LogP contribution in [-0.2, 0) is 6.54 Å². The summed E-state index contributed by atoms with van der Waals surface area (Å²) >= 11 is 0. The second kappa shape index (κ2) is 4.18. The molecule has 1 aromatic heterocycles. The third-order valence-corrected chi connectivity index (χ3v) is 3.04. The van der Waals surface area contributed by atoms with Crippen molar-refractivity contribution >= 4 is 5.69 Å². The number of para-hydroxylation sites is 1. The van der Waals surface area contributed by atoms with Gasteiger partial charge >= 0.3 is 0 Å². The minimum atomic E-state index is 0.110. The number of pyridine rings is 1. The molecule has 3 rings (SSSR count). The zero-order valence-electron chi connectivity index (χ0n) is 9.48. The molecular formula is C14H14N3. The molecule has 0 bridgehead atoms. The van der Waals surface area contributed by atoms with E-state index in [0.29, 0.717) is 0 Å². The van der Waals surface area contributed by atoms with Crippen molar-refractivity contribution in [1.82, 2.24) is 10.3 Å². The van der Waals surface area contributed by atoms with Crippen LogP contribution in [0.3, 0.4) is 0 Å². The second-order valence-electron chi connectivity index (χ2n) is 4.20. The molecule has 2 aromatic rings. The second-order valence-corrected chi connectivity index (χ2v) is 4.20. The van der Waals surface area contributed by atoms with Crippen LogP contribution < -0.4 is 10.6 Å².